The average Bonchev–Trinajstić information content (AvgIpc) is 2.18. The molecule has 2 aromatic heterocycles. The van der Waals surface area contributed by atoms with Gasteiger partial charge in [0.1, 0.15) is 10.5 Å². The normalized spacial score (nSPS) is 12.9. The highest BCUT2D eigenvalue weighted by atomic mass is 32.1. The number of aliphatic imine (C=N–C) groups is 1. The first kappa shape index (κ1) is 7.64. The van der Waals surface area contributed by atoms with Gasteiger partial charge in [0.15, 0.2) is 0 Å². The monoisotopic (exact) mass is 202 g/mol. The van der Waals surface area contributed by atoms with Crippen molar-refractivity contribution in [1.29, 1.82) is 0 Å². The Labute approximate surface area is 84.9 Å². The van der Waals surface area contributed by atoms with Crippen LogP contribution in [-0.4, -0.2) is 15.7 Å². The molecule has 0 bridgehead atoms. The molecule has 0 saturated carbocycles. The molecule has 5 heteroatoms. The zero-order chi connectivity index (χ0) is 9.54. The second-order valence-electron chi connectivity index (χ2n) is 2.97. The molecule has 1 aliphatic rings. The first-order valence-corrected chi connectivity index (χ1v) is 4.57. The summed E-state index contributed by atoms with van der Waals surface area (Å²) in [6.07, 6.45) is 1.62. The van der Waals surface area contributed by atoms with Gasteiger partial charge in [0.05, 0.1) is 11.9 Å². The molecule has 2 aromatic rings. The van der Waals surface area contributed by atoms with Crippen LogP contribution < -0.4 is 5.32 Å². The van der Waals surface area contributed by atoms with E-state index in [9.17, 15) is 0 Å². The predicted octanol–water partition coefficient (Wildman–Crippen LogP) is 2.15. The number of nitrogens with zero attached hydrogens (tertiary/aromatic N) is 3. The van der Waals surface area contributed by atoms with Gasteiger partial charge >= 0.3 is 0 Å². The van der Waals surface area contributed by atoms with Gasteiger partial charge in [-0.25, -0.2) is 9.98 Å². The smallest absolute Gasteiger partial charge is 0.238 e. The van der Waals surface area contributed by atoms with Gasteiger partial charge in [0.25, 0.3) is 0 Å². The van der Waals surface area contributed by atoms with Gasteiger partial charge in [0, 0.05) is 0 Å². The summed E-state index contributed by atoms with van der Waals surface area (Å²) in [5.41, 5.74) is 1.00. The van der Waals surface area contributed by atoms with E-state index >= 15 is 0 Å². The molecule has 0 radical (unpaired) electrons. The molecule has 4 nitrogen and oxygen atoms in total. The zero-order valence-electron chi connectivity index (χ0n) is 7.14. The van der Waals surface area contributed by atoms with Gasteiger partial charge in [-0.1, -0.05) is 18.3 Å². The molecular weight excluding hydrogens is 196 g/mol. The molecule has 0 aromatic carbocycles. The molecule has 68 valence electrons. The molecule has 1 aliphatic heterocycles. The summed E-state index contributed by atoms with van der Waals surface area (Å²) < 4.78 is 2.49. The number of hydrogen-bond donors (Lipinski definition) is 1. The number of anilines is 1. The molecule has 0 fully saturated rings. The number of pyridine rings is 1. The Hall–Kier alpha value is -1.75. The van der Waals surface area contributed by atoms with E-state index in [1.54, 1.807) is 6.34 Å². The molecule has 14 heavy (non-hydrogen) atoms. The minimum atomic E-state index is 0.566. The summed E-state index contributed by atoms with van der Waals surface area (Å²) >= 11 is 5.04. The van der Waals surface area contributed by atoms with Crippen molar-refractivity contribution in [2.24, 2.45) is 4.99 Å². The fourth-order valence-electron chi connectivity index (χ4n) is 1.52. The Balaban J connectivity index is 2.60. The molecule has 0 amide bonds. The Morgan fingerprint density at radius 3 is 3.21 bits per heavy atom. The summed E-state index contributed by atoms with van der Waals surface area (Å²) in [6, 6.07) is 7.76. The van der Waals surface area contributed by atoms with Crippen molar-refractivity contribution in [3.8, 4) is 0 Å². The fourth-order valence-corrected chi connectivity index (χ4v) is 1.73. The van der Waals surface area contributed by atoms with Crippen LogP contribution in [0.1, 0.15) is 0 Å². The molecule has 0 aliphatic carbocycles. The van der Waals surface area contributed by atoms with E-state index in [2.05, 4.69) is 15.3 Å². The Bertz CT molecular complexity index is 599. The fraction of sp³-hybridized carbons (Fsp3) is 0. The maximum atomic E-state index is 5.04. The minimum Gasteiger partial charge on any atom is -0.332 e. The molecule has 3 rings (SSSR count). The van der Waals surface area contributed by atoms with Crippen molar-refractivity contribution in [3.63, 3.8) is 0 Å². The molecule has 0 atom stereocenters. The second kappa shape index (κ2) is 2.62. The first-order valence-electron chi connectivity index (χ1n) is 4.16. The lowest BCUT2D eigenvalue weighted by molar-refractivity contribution is 1.04. The predicted molar refractivity (Wildman–Crippen MR) is 57.8 cm³/mol. The molecular formula is C9H6N4S. The summed E-state index contributed by atoms with van der Waals surface area (Å²) in [6.45, 7) is 0. The van der Waals surface area contributed by atoms with Crippen LogP contribution in [0.5, 0.6) is 0 Å². The molecule has 3 heterocycles. The van der Waals surface area contributed by atoms with Crippen molar-refractivity contribution in [3.05, 3.63) is 28.9 Å². The highest BCUT2D eigenvalue weighted by molar-refractivity contribution is 7.71. The third kappa shape index (κ3) is 0.958. The molecule has 0 spiro atoms. The van der Waals surface area contributed by atoms with Crippen LogP contribution in [0.15, 0.2) is 29.3 Å². The van der Waals surface area contributed by atoms with E-state index in [0.29, 0.717) is 10.6 Å². The maximum Gasteiger partial charge on any atom is 0.238 e. The summed E-state index contributed by atoms with van der Waals surface area (Å²) in [5, 5.41) is 3.04. The van der Waals surface area contributed by atoms with E-state index in [1.165, 1.54) is 0 Å². The van der Waals surface area contributed by atoms with Crippen molar-refractivity contribution in [2.45, 2.75) is 0 Å². The van der Waals surface area contributed by atoms with E-state index in [1.807, 2.05) is 28.7 Å². The van der Waals surface area contributed by atoms with Crippen molar-refractivity contribution >= 4 is 35.8 Å². The van der Waals surface area contributed by atoms with Gasteiger partial charge in [-0.05, 0) is 18.2 Å². The largest absolute Gasteiger partial charge is 0.332 e. The first-order chi connectivity index (χ1) is 6.84. The van der Waals surface area contributed by atoms with E-state index in [4.69, 9.17) is 12.2 Å². The summed E-state index contributed by atoms with van der Waals surface area (Å²) in [5.74, 6) is 1.58. The van der Waals surface area contributed by atoms with Crippen molar-refractivity contribution in [1.82, 2.24) is 9.38 Å². The number of hydrogen-bond acceptors (Lipinski definition) is 4. The minimum absolute atomic E-state index is 0.566. The van der Waals surface area contributed by atoms with Crippen LogP contribution in [-0.2, 0) is 0 Å². The molecule has 0 saturated heterocycles. The Morgan fingerprint density at radius 2 is 2.29 bits per heavy atom. The molecule has 1 N–H and O–H groups in total. The lowest BCUT2D eigenvalue weighted by Gasteiger charge is -2.13. The van der Waals surface area contributed by atoms with Crippen LogP contribution in [0, 0.1) is 4.64 Å². The third-order valence-corrected chi connectivity index (χ3v) is 2.30. The highest BCUT2D eigenvalue weighted by Crippen LogP contribution is 2.21. The maximum absolute atomic E-state index is 5.04. The summed E-state index contributed by atoms with van der Waals surface area (Å²) in [7, 11) is 0. The van der Waals surface area contributed by atoms with Crippen molar-refractivity contribution in [2.75, 3.05) is 5.32 Å². The summed E-state index contributed by atoms with van der Waals surface area (Å²) in [4.78, 5) is 8.29. The van der Waals surface area contributed by atoms with Gasteiger partial charge in [-0.15, -0.1) is 0 Å². The quantitative estimate of drug-likeness (QED) is 0.665. The van der Waals surface area contributed by atoms with Gasteiger partial charge < -0.3 is 5.32 Å². The number of aromatic nitrogens is 2. The van der Waals surface area contributed by atoms with Crippen molar-refractivity contribution < 1.29 is 0 Å². The SMILES string of the molecule is S=c1cc2cccc3n2c(n1)N=CN3. The molecule has 0 unspecified atom stereocenters. The Kier molecular flexibility index (Phi) is 1.43. The van der Waals surface area contributed by atoms with Crippen LogP contribution in [0.4, 0.5) is 11.8 Å². The lowest BCUT2D eigenvalue weighted by Crippen LogP contribution is -2.08. The van der Waals surface area contributed by atoms with Gasteiger partial charge in [-0.3, -0.25) is 4.40 Å². The zero-order valence-corrected chi connectivity index (χ0v) is 7.95. The topological polar surface area (TPSA) is 41.7 Å². The van der Waals surface area contributed by atoms with E-state index in [-0.39, 0.29) is 0 Å². The van der Waals surface area contributed by atoms with E-state index in [0.717, 1.165) is 11.3 Å². The number of rotatable bonds is 0. The van der Waals surface area contributed by atoms with E-state index < -0.39 is 0 Å². The third-order valence-electron chi connectivity index (χ3n) is 2.09. The van der Waals surface area contributed by atoms with Gasteiger partial charge in [0.2, 0.25) is 5.95 Å². The standard InChI is InChI=1S/C9H6N4S/c14-8-4-6-2-1-3-7-10-5-11-9(12-8)13(6)7/h1-5H,(H,10,11,12,14). The van der Waals surface area contributed by atoms with Gasteiger partial charge in [-0.2, -0.15) is 0 Å². The van der Waals surface area contributed by atoms with Crippen LogP contribution in [0.3, 0.4) is 0 Å². The van der Waals surface area contributed by atoms with Crippen LogP contribution >= 0.6 is 12.2 Å². The van der Waals surface area contributed by atoms with Crippen LogP contribution in [0.25, 0.3) is 5.52 Å². The Morgan fingerprint density at radius 1 is 1.36 bits per heavy atom. The lowest BCUT2D eigenvalue weighted by atomic mass is 10.3. The van der Waals surface area contributed by atoms with Crippen LogP contribution in [0.2, 0.25) is 0 Å². The number of nitrogens with one attached hydrogen (secondary N) is 1. The highest BCUT2D eigenvalue weighted by Gasteiger charge is 2.07. The average molecular weight is 202 g/mol. The second-order valence-corrected chi connectivity index (χ2v) is 3.39.